The zero-order chi connectivity index (χ0) is 27.9. The molecule has 3 N–H and O–H groups in total. The minimum atomic E-state index is -4.58. The van der Waals surface area contributed by atoms with Crippen LogP contribution in [0, 0.1) is 0 Å². The molecule has 0 unspecified atom stereocenters. The summed E-state index contributed by atoms with van der Waals surface area (Å²) in [5.41, 5.74) is -2.27. The van der Waals surface area contributed by atoms with E-state index in [1.807, 2.05) is 0 Å². The first-order chi connectivity index (χ1) is 17.6. The molecule has 0 saturated heterocycles. The number of anilines is 2. The number of rotatable bonds is 6. The second-order valence-corrected chi connectivity index (χ2v) is 9.71. The fraction of sp³-hybridized carbons (Fsp3) is 0.417. The van der Waals surface area contributed by atoms with Crippen molar-refractivity contribution < 1.29 is 36.2 Å². The van der Waals surface area contributed by atoms with Crippen LogP contribution in [-0.2, 0) is 6.18 Å². The topological polar surface area (TPSA) is 81.9 Å². The Hall–Kier alpha value is -3.19. The average molecular weight is 564 g/mol. The van der Waals surface area contributed by atoms with Crippen LogP contribution in [0.15, 0.2) is 42.6 Å². The summed E-state index contributed by atoms with van der Waals surface area (Å²) >= 11 is 6.16. The van der Waals surface area contributed by atoms with Gasteiger partial charge >= 0.3 is 12.4 Å². The van der Waals surface area contributed by atoms with E-state index in [1.54, 1.807) is 12.1 Å². The molecule has 3 aromatic rings. The van der Waals surface area contributed by atoms with Gasteiger partial charge in [-0.1, -0.05) is 17.7 Å². The third kappa shape index (κ3) is 6.44. The number of fused-ring (bicyclic) bond motifs is 1. The van der Waals surface area contributed by atoms with Gasteiger partial charge in [0.15, 0.2) is 5.69 Å². The van der Waals surface area contributed by atoms with E-state index in [0.29, 0.717) is 18.7 Å². The molecule has 1 saturated carbocycles. The fourth-order valence-electron chi connectivity index (χ4n) is 4.40. The van der Waals surface area contributed by atoms with Gasteiger partial charge in [0.25, 0.3) is 5.91 Å². The molecule has 206 valence electrons. The van der Waals surface area contributed by atoms with Crippen molar-refractivity contribution in [2.24, 2.45) is 0 Å². The van der Waals surface area contributed by atoms with Gasteiger partial charge in [0.1, 0.15) is 23.7 Å². The summed E-state index contributed by atoms with van der Waals surface area (Å²) in [6.45, 7) is -1.19. The number of hydrogen-bond acceptors (Lipinski definition) is 5. The van der Waals surface area contributed by atoms with Crippen molar-refractivity contribution >= 4 is 34.7 Å². The molecule has 1 aliphatic rings. The Bertz CT molecular complexity index is 1320. The van der Waals surface area contributed by atoms with Crippen molar-refractivity contribution in [2.45, 2.75) is 49.8 Å². The first-order valence-corrected chi connectivity index (χ1v) is 12.0. The number of nitrogens with zero attached hydrogens (tertiary/aromatic N) is 3. The van der Waals surface area contributed by atoms with Crippen molar-refractivity contribution in [3.63, 3.8) is 0 Å². The molecule has 4 rings (SSSR count). The van der Waals surface area contributed by atoms with E-state index in [0.717, 1.165) is 11.1 Å². The molecule has 0 radical (unpaired) electrons. The number of carbonyl (C=O) groups is 1. The number of nitrogens with one attached hydrogen (secondary N) is 2. The van der Waals surface area contributed by atoms with E-state index in [2.05, 4.69) is 15.6 Å². The van der Waals surface area contributed by atoms with Crippen molar-refractivity contribution in [1.29, 1.82) is 0 Å². The van der Waals surface area contributed by atoms with E-state index in [1.165, 1.54) is 35.7 Å². The molecule has 0 atom stereocenters. The monoisotopic (exact) mass is 563 g/mol. The predicted molar refractivity (Wildman–Crippen MR) is 129 cm³/mol. The SMILES string of the molecule is CN(CC(F)(F)F)c1ccc(C(=O)N[C@]2(O)CC[C@@H](Nc3cccc4nc(C(F)(F)F)cn34)CC2)c(Cl)c1. The standard InChI is InChI=1S/C24H24ClF6N5O2/c1-35(13-23(26,27)28)15-5-6-16(17(25)11-15)21(37)34-22(38)9-7-14(8-10-22)32-19-3-2-4-20-33-18(12-36(19)20)24(29,30)31/h2-6,11-12,14,32,38H,7-10,13H2,1H3,(H,34,37)/t14-,22+. The third-order valence-electron chi connectivity index (χ3n) is 6.35. The smallest absolute Gasteiger partial charge is 0.371 e. The van der Waals surface area contributed by atoms with Gasteiger partial charge in [0, 0.05) is 25.0 Å². The lowest BCUT2D eigenvalue weighted by Crippen LogP contribution is -2.52. The Balaban J connectivity index is 1.38. The second-order valence-electron chi connectivity index (χ2n) is 9.30. The normalized spacial score (nSPS) is 20.4. The molecule has 0 bridgehead atoms. The lowest BCUT2D eigenvalue weighted by Gasteiger charge is -2.37. The molecule has 1 aromatic carbocycles. The van der Waals surface area contributed by atoms with Crippen molar-refractivity contribution in [2.75, 3.05) is 23.8 Å². The number of alkyl halides is 6. The van der Waals surface area contributed by atoms with Gasteiger partial charge in [-0.15, -0.1) is 0 Å². The maximum Gasteiger partial charge on any atom is 0.434 e. The number of hydrogen-bond donors (Lipinski definition) is 3. The highest BCUT2D eigenvalue weighted by Gasteiger charge is 2.37. The number of carbonyl (C=O) groups excluding carboxylic acids is 1. The largest absolute Gasteiger partial charge is 0.434 e. The average Bonchev–Trinajstić information content (AvgIpc) is 3.25. The van der Waals surface area contributed by atoms with Crippen LogP contribution in [-0.4, -0.2) is 51.9 Å². The molecule has 7 nitrogen and oxygen atoms in total. The lowest BCUT2D eigenvalue weighted by molar-refractivity contribution is -0.140. The van der Waals surface area contributed by atoms with Crippen LogP contribution in [0.2, 0.25) is 5.02 Å². The van der Waals surface area contributed by atoms with Gasteiger partial charge in [-0.05, 0) is 56.0 Å². The van der Waals surface area contributed by atoms with Crippen LogP contribution in [0.4, 0.5) is 37.8 Å². The zero-order valence-corrected chi connectivity index (χ0v) is 20.8. The molecule has 38 heavy (non-hydrogen) atoms. The summed E-state index contributed by atoms with van der Waals surface area (Å²) in [7, 11) is 1.25. The zero-order valence-electron chi connectivity index (χ0n) is 20.0. The van der Waals surface area contributed by atoms with Crippen molar-refractivity contribution in [3.05, 3.63) is 58.9 Å². The maximum atomic E-state index is 13.1. The fourth-order valence-corrected chi connectivity index (χ4v) is 4.66. The Labute approximate surface area is 218 Å². The summed E-state index contributed by atoms with van der Waals surface area (Å²) in [5, 5.41) is 16.6. The molecule has 1 aliphatic carbocycles. The Morgan fingerprint density at radius 1 is 1.18 bits per heavy atom. The molecule has 14 heteroatoms. The molecule has 1 amide bonds. The highest BCUT2D eigenvalue weighted by molar-refractivity contribution is 6.34. The molecule has 0 aliphatic heterocycles. The van der Waals surface area contributed by atoms with E-state index in [-0.39, 0.29) is 40.8 Å². The number of halogens is 7. The predicted octanol–water partition coefficient (Wildman–Crippen LogP) is 5.48. The Morgan fingerprint density at radius 2 is 1.87 bits per heavy atom. The number of aromatic nitrogens is 2. The molecular formula is C24H24ClF6N5O2. The van der Waals surface area contributed by atoms with E-state index in [9.17, 15) is 36.2 Å². The number of imidazole rings is 1. The quantitative estimate of drug-likeness (QED) is 0.273. The summed E-state index contributed by atoms with van der Waals surface area (Å²) in [5.74, 6) is -0.274. The minimum Gasteiger partial charge on any atom is -0.371 e. The molecular weight excluding hydrogens is 540 g/mol. The van der Waals surface area contributed by atoms with Crippen LogP contribution in [0.1, 0.15) is 41.7 Å². The van der Waals surface area contributed by atoms with Gasteiger partial charge in [-0.3, -0.25) is 9.20 Å². The van der Waals surface area contributed by atoms with Crippen molar-refractivity contribution in [3.8, 4) is 0 Å². The minimum absolute atomic E-state index is 0.00301. The summed E-state index contributed by atoms with van der Waals surface area (Å²) in [4.78, 5) is 17.3. The van der Waals surface area contributed by atoms with Gasteiger partial charge < -0.3 is 20.6 Å². The van der Waals surface area contributed by atoms with Gasteiger partial charge in [-0.25, -0.2) is 4.98 Å². The Morgan fingerprint density at radius 3 is 2.47 bits per heavy atom. The summed E-state index contributed by atoms with van der Waals surface area (Å²) < 4.78 is 78.4. The van der Waals surface area contributed by atoms with E-state index >= 15 is 0 Å². The number of pyridine rings is 1. The molecule has 1 fully saturated rings. The third-order valence-corrected chi connectivity index (χ3v) is 6.66. The number of aliphatic hydroxyl groups is 1. The van der Waals surface area contributed by atoms with Crippen LogP contribution in [0.25, 0.3) is 5.65 Å². The summed E-state index contributed by atoms with van der Waals surface area (Å²) in [6.07, 6.45) is -7.00. The summed E-state index contributed by atoms with van der Waals surface area (Å²) in [6, 6.07) is 8.34. The first kappa shape index (κ1) is 27.8. The van der Waals surface area contributed by atoms with Crippen molar-refractivity contribution in [1.82, 2.24) is 14.7 Å². The van der Waals surface area contributed by atoms with Gasteiger partial charge in [0.2, 0.25) is 0 Å². The van der Waals surface area contributed by atoms with E-state index in [4.69, 9.17) is 11.6 Å². The second kappa shape index (κ2) is 10.2. The van der Waals surface area contributed by atoms with Crippen LogP contribution in [0.3, 0.4) is 0 Å². The highest BCUT2D eigenvalue weighted by Crippen LogP contribution is 2.32. The van der Waals surface area contributed by atoms with Crippen LogP contribution < -0.4 is 15.5 Å². The Kier molecular flexibility index (Phi) is 7.45. The molecule has 0 spiro atoms. The maximum absolute atomic E-state index is 13.1. The number of amides is 1. The first-order valence-electron chi connectivity index (χ1n) is 11.6. The number of benzene rings is 1. The lowest BCUT2D eigenvalue weighted by atomic mass is 9.87. The highest BCUT2D eigenvalue weighted by atomic mass is 35.5. The molecule has 2 aromatic heterocycles. The van der Waals surface area contributed by atoms with Crippen LogP contribution in [0.5, 0.6) is 0 Å². The van der Waals surface area contributed by atoms with Crippen LogP contribution >= 0.6 is 11.6 Å². The van der Waals surface area contributed by atoms with Gasteiger partial charge in [-0.2, -0.15) is 26.3 Å². The van der Waals surface area contributed by atoms with Gasteiger partial charge in [0.05, 0.1) is 10.6 Å². The van der Waals surface area contributed by atoms with E-state index < -0.39 is 36.2 Å². The molecule has 2 heterocycles.